The molecule has 116 valence electrons. The van der Waals surface area contributed by atoms with Crippen molar-refractivity contribution in [1.82, 2.24) is 10.7 Å². The zero-order chi connectivity index (χ0) is 16.1. The van der Waals surface area contributed by atoms with Crippen LogP contribution in [0.1, 0.15) is 13.3 Å². The average molecular weight is 324 g/mol. The zero-order valence-corrected chi connectivity index (χ0v) is 12.4. The molecule has 0 aromatic heterocycles. The molecule has 2 rings (SSSR count). The van der Waals surface area contributed by atoms with E-state index in [0.717, 1.165) is 11.8 Å². The molecule has 1 aromatic carbocycles. The van der Waals surface area contributed by atoms with Crippen LogP contribution in [0.2, 0.25) is 0 Å². The molecule has 1 aliphatic heterocycles. The Morgan fingerprint density at radius 1 is 1.41 bits per heavy atom. The highest BCUT2D eigenvalue weighted by Crippen LogP contribution is 2.23. The number of halogens is 1. The van der Waals surface area contributed by atoms with E-state index in [1.165, 1.54) is 25.1 Å². The number of para-hydroxylation sites is 1. The van der Waals surface area contributed by atoms with E-state index in [1.54, 1.807) is 6.07 Å². The van der Waals surface area contributed by atoms with Gasteiger partial charge in [0.2, 0.25) is 17.7 Å². The molecule has 1 saturated heterocycles. The van der Waals surface area contributed by atoms with Crippen LogP contribution in [0.25, 0.3) is 0 Å². The first-order valence-corrected chi connectivity index (χ1v) is 7.20. The molecule has 0 bridgehead atoms. The third kappa shape index (κ3) is 4.29. The van der Waals surface area contributed by atoms with Gasteiger partial charge >= 0.3 is 0 Å². The quantitative estimate of drug-likeness (QED) is 0.713. The molecule has 1 aromatic rings. The van der Waals surface area contributed by atoms with Gasteiger partial charge in [-0.3, -0.25) is 14.4 Å². The molecule has 0 saturated carbocycles. The second kappa shape index (κ2) is 7.03. The van der Waals surface area contributed by atoms with Gasteiger partial charge in [0.1, 0.15) is 11.1 Å². The maximum Gasteiger partial charge on any atom is 0.240 e. The summed E-state index contributed by atoms with van der Waals surface area (Å²) in [6.45, 7) is 1.28. The van der Waals surface area contributed by atoms with Gasteiger partial charge in [-0.25, -0.2) is 9.82 Å². The maximum absolute atomic E-state index is 13.4. The van der Waals surface area contributed by atoms with Crippen molar-refractivity contribution in [3.63, 3.8) is 0 Å². The Morgan fingerprint density at radius 3 is 2.82 bits per heavy atom. The van der Waals surface area contributed by atoms with E-state index in [2.05, 4.69) is 21.2 Å². The Hall–Kier alpha value is -2.42. The first kappa shape index (κ1) is 16.0. The van der Waals surface area contributed by atoms with Crippen LogP contribution in [0.5, 0.6) is 0 Å². The van der Waals surface area contributed by atoms with Crippen molar-refractivity contribution in [2.75, 3.05) is 5.32 Å². The highest BCUT2D eigenvalue weighted by atomic mass is 32.2. The molecule has 1 fully saturated rings. The Kier molecular flexibility index (Phi) is 5.10. The summed E-state index contributed by atoms with van der Waals surface area (Å²) in [5.74, 6) is -1.80. The number of nitrogens with zero attached hydrogens (tertiary/aromatic N) is 1. The molecule has 0 radical (unpaired) electrons. The first-order valence-electron chi connectivity index (χ1n) is 6.32. The molecule has 0 aliphatic carbocycles. The van der Waals surface area contributed by atoms with Crippen LogP contribution in [0, 0.1) is 5.82 Å². The second-order valence-electron chi connectivity index (χ2n) is 4.41. The number of carbonyl (C=O) groups excluding carboxylic acids is 3. The Bertz CT molecular complexity index is 650. The lowest BCUT2D eigenvalue weighted by atomic mass is 10.2. The van der Waals surface area contributed by atoms with Crippen LogP contribution in [0.15, 0.2) is 29.4 Å². The minimum Gasteiger partial charge on any atom is -0.324 e. The summed E-state index contributed by atoms with van der Waals surface area (Å²) in [6.07, 6.45) is -0.135. The number of hydrazone groups is 1. The maximum atomic E-state index is 13.4. The summed E-state index contributed by atoms with van der Waals surface area (Å²) < 4.78 is 13.4. The number of hydrogen-bond acceptors (Lipinski definition) is 5. The normalized spacial score (nSPS) is 18.9. The predicted octanol–water partition coefficient (Wildman–Crippen LogP) is 0.793. The molecule has 9 heteroatoms. The molecule has 22 heavy (non-hydrogen) atoms. The number of nitrogens with one attached hydrogen (secondary N) is 3. The monoisotopic (exact) mass is 324 g/mol. The van der Waals surface area contributed by atoms with Crippen LogP contribution < -0.4 is 16.1 Å². The zero-order valence-electron chi connectivity index (χ0n) is 11.6. The fourth-order valence-corrected chi connectivity index (χ4v) is 2.58. The number of carbonyl (C=O) groups is 3. The summed E-state index contributed by atoms with van der Waals surface area (Å²) in [4.78, 5) is 34.3. The second-order valence-corrected chi connectivity index (χ2v) is 5.60. The van der Waals surface area contributed by atoms with Gasteiger partial charge in [0.15, 0.2) is 5.17 Å². The fourth-order valence-electron chi connectivity index (χ4n) is 1.65. The van der Waals surface area contributed by atoms with E-state index in [1.807, 2.05) is 0 Å². The van der Waals surface area contributed by atoms with Crippen molar-refractivity contribution in [3.05, 3.63) is 30.1 Å². The van der Waals surface area contributed by atoms with E-state index in [0.29, 0.717) is 0 Å². The van der Waals surface area contributed by atoms with Gasteiger partial charge in [-0.05, 0) is 12.1 Å². The van der Waals surface area contributed by atoms with Gasteiger partial charge in [0.05, 0.1) is 5.69 Å². The van der Waals surface area contributed by atoms with Gasteiger partial charge in [-0.1, -0.05) is 23.9 Å². The SMILES string of the molecule is CC(=O)N/N=C1\NC(=O)[C@H](CC(=O)Nc2ccccc2F)S1. The smallest absolute Gasteiger partial charge is 0.240 e. The van der Waals surface area contributed by atoms with Crippen LogP contribution in [-0.2, 0) is 14.4 Å². The fraction of sp³-hybridized carbons (Fsp3) is 0.231. The van der Waals surface area contributed by atoms with E-state index in [-0.39, 0.29) is 23.2 Å². The largest absolute Gasteiger partial charge is 0.324 e. The van der Waals surface area contributed by atoms with E-state index >= 15 is 0 Å². The minimum absolute atomic E-state index is 0.0584. The highest BCUT2D eigenvalue weighted by molar-refractivity contribution is 8.15. The summed E-state index contributed by atoms with van der Waals surface area (Å²) in [5.41, 5.74) is 2.25. The minimum atomic E-state index is -0.681. The lowest BCUT2D eigenvalue weighted by molar-refractivity contribution is -0.122. The van der Waals surface area contributed by atoms with Gasteiger partial charge < -0.3 is 10.6 Å². The molecular weight excluding hydrogens is 311 g/mol. The van der Waals surface area contributed by atoms with Crippen molar-refractivity contribution >= 4 is 40.3 Å². The number of hydrogen-bond donors (Lipinski definition) is 3. The Balaban J connectivity index is 1.92. The van der Waals surface area contributed by atoms with Gasteiger partial charge in [0.25, 0.3) is 0 Å². The lowest BCUT2D eigenvalue weighted by Crippen LogP contribution is -2.29. The first-order chi connectivity index (χ1) is 10.5. The highest BCUT2D eigenvalue weighted by Gasteiger charge is 2.32. The third-order valence-electron chi connectivity index (χ3n) is 2.61. The summed E-state index contributed by atoms with van der Waals surface area (Å²) in [5, 5.41) is 8.07. The molecular formula is C13H13FN4O3S. The van der Waals surface area contributed by atoms with Gasteiger partial charge in [-0.15, -0.1) is 5.10 Å². The standard InChI is InChI=1S/C13H13FN4O3S/c1-7(19)17-18-13-16-12(21)10(22-13)6-11(20)15-9-5-3-2-4-8(9)14/h2-5,10H,6H2,1H3,(H,15,20)(H,17,19)(H,16,18,21)/t10-/m0/s1. The lowest BCUT2D eigenvalue weighted by Gasteiger charge is -2.07. The number of benzene rings is 1. The van der Waals surface area contributed by atoms with E-state index in [9.17, 15) is 18.8 Å². The molecule has 0 unspecified atom stereocenters. The number of thioether (sulfide) groups is 1. The van der Waals surface area contributed by atoms with Gasteiger partial charge in [-0.2, -0.15) is 0 Å². The van der Waals surface area contributed by atoms with E-state index < -0.39 is 22.9 Å². The van der Waals surface area contributed by atoms with Crippen molar-refractivity contribution in [2.45, 2.75) is 18.6 Å². The molecule has 1 atom stereocenters. The van der Waals surface area contributed by atoms with Crippen LogP contribution in [0.3, 0.4) is 0 Å². The predicted molar refractivity (Wildman–Crippen MR) is 80.4 cm³/mol. The van der Waals surface area contributed by atoms with Crippen LogP contribution in [-0.4, -0.2) is 28.1 Å². The third-order valence-corrected chi connectivity index (χ3v) is 3.69. The molecule has 3 amide bonds. The topological polar surface area (TPSA) is 99.7 Å². The number of rotatable bonds is 4. The summed E-state index contributed by atoms with van der Waals surface area (Å²) in [6, 6.07) is 5.76. The molecule has 0 spiro atoms. The van der Waals surface area contributed by atoms with Crippen molar-refractivity contribution < 1.29 is 18.8 Å². The van der Waals surface area contributed by atoms with Crippen LogP contribution in [0.4, 0.5) is 10.1 Å². The molecule has 1 heterocycles. The molecule has 1 aliphatic rings. The average Bonchev–Trinajstić information content (AvgIpc) is 2.79. The van der Waals surface area contributed by atoms with Crippen molar-refractivity contribution in [3.8, 4) is 0 Å². The molecule has 3 N–H and O–H groups in total. The van der Waals surface area contributed by atoms with E-state index in [4.69, 9.17) is 0 Å². The van der Waals surface area contributed by atoms with Gasteiger partial charge in [0, 0.05) is 13.3 Å². The number of anilines is 1. The Labute approximate surface area is 129 Å². The van der Waals surface area contributed by atoms with Crippen molar-refractivity contribution in [2.24, 2.45) is 5.10 Å². The Morgan fingerprint density at radius 2 is 2.14 bits per heavy atom. The summed E-state index contributed by atoms with van der Waals surface area (Å²) in [7, 11) is 0. The molecule has 7 nitrogen and oxygen atoms in total. The number of amidine groups is 1. The van der Waals surface area contributed by atoms with Crippen molar-refractivity contribution in [1.29, 1.82) is 0 Å². The van der Waals surface area contributed by atoms with Crippen LogP contribution >= 0.6 is 11.8 Å². The number of amides is 3. The summed E-state index contributed by atoms with van der Waals surface area (Å²) >= 11 is 1.02.